The molecule has 376 valence electrons. The molecule has 1 spiro atoms. The molecule has 5 heterocycles. The molecule has 3 aromatic carbocycles. The Morgan fingerprint density at radius 2 is 1.75 bits per heavy atom. The molecule has 4 fully saturated rings. The van der Waals surface area contributed by atoms with Crippen molar-refractivity contribution in [2.45, 2.75) is 120 Å². The van der Waals surface area contributed by atoms with E-state index in [1.54, 1.807) is 37.4 Å². The molecule has 2 aromatic heterocycles. The highest BCUT2D eigenvalue weighted by Gasteiger charge is 2.50. The SMILES string of the molecule is COC(=O)Nc1nc2[nH]ccc2cc1Oc1cc(N2CCC3(CC2)CC(N2CCC[C@H]2c2ccccc2C(C)C)C3)ccc1C(=O)NS(=O)(=O)c1cc2c(c([N+](=O)[O-])c1)N[C@@H](C1CCC(C)(O)CC1)CO2. The molecule has 2 atom stereocenters. The van der Waals surface area contributed by atoms with Gasteiger partial charge in [-0.25, -0.2) is 22.9 Å². The van der Waals surface area contributed by atoms with Crippen molar-refractivity contribution in [1.82, 2.24) is 19.6 Å². The van der Waals surface area contributed by atoms with Gasteiger partial charge >= 0.3 is 6.09 Å². The van der Waals surface area contributed by atoms with Crippen molar-refractivity contribution in [2.24, 2.45) is 11.3 Å². The van der Waals surface area contributed by atoms with E-state index in [9.17, 15) is 33.2 Å². The average Bonchev–Trinajstić information content (AvgIpc) is 4.02. The van der Waals surface area contributed by atoms with Crippen molar-refractivity contribution >= 4 is 55.9 Å². The number of sulfonamides is 1. The number of carbonyl (C=O) groups excluding carboxylic acids is 2. The molecule has 0 unspecified atom stereocenters. The van der Waals surface area contributed by atoms with Gasteiger partial charge in [0.05, 0.1) is 34.1 Å². The number of ether oxygens (including phenoxy) is 3. The fourth-order valence-corrected chi connectivity index (χ4v) is 12.8. The van der Waals surface area contributed by atoms with Gasteiger partial charge in [0.25, 0.3) is 21.6 Å². The number of methoxy groups -OCH3 is 1. The number of hydrogen-bond acceptors (Lipinski definition) is 14. The highest BCUT2D eigenvalue weighted by atomic mass is 32.2. The summed E-state index contributed by atoms with van der Waals surface area (Å²) in [5.41, 5.74) is 2.93. The number of rotatable bonds is 12. The van der Waals surface area contributed by atoms with E-state index in [1.165, 1.54) is 43.2 Å². The van der Waals surface area contributed by atoms with Crippen molar-refractivity contribution in [3.8, 4) is 17.2 Å². The normalized spacial score (nSPS) is 23.4. The Balaban J connectivity index is 0.894. The number of H-pyrrole nitrogens is 1. The highest BCUT2D eigenvalue weighted by molar-refractivity contribution is 7.90. The number of piperidine rings is 1. The van der Waals surface area contributed by atoms with Gasteiger partial charge in [0.1, 0.15) is 18.0 Å². The number of carbonyl (C=O) groups is 2. The van der Waals surface area contributed by atoms with Crippen molar-refractivity contribution < 1.29 is 42.2 Å². The molecular formula is C52H62N8O10S. The summed E-state index contributed by atoms with van der Waals surface area (Å²) in [7, 11) is -3.55. The standard InChI is InChI=1S/C52H62N8O10S/c1-31(2)37-8-5-6-9-38(37)41-10-7-21-59(41)35-28-52(29-35)18-22-58(23-19-52)34-11-12-39(43(25-34)70-45-24-33-15-20-53-47(33)55-48(45)56-50(62)68-4)49(61)57-71(66,67)36-26-42(60(64)65)46-44(27-36)69-30-40(54-46)32-13-16-51(3,63)17-14-32/h5-6,8-9,11-12,15,20,24-27,31-32,35,40-41,54,63H,7,10,13-14,16-19,21-23,28-30H2,1-4H3,(H,57,61)(H2,53,55,56,62)/t32?,40-,41+,51?/m1/s1. The van der Waals surface area contributed by atoms with Gasteiger partial charge in [-0.2, -0.15) is 0 Å². The van der Waals surface area contributed by atoms with Crippen LogP contribution in [0.15, 0.2) is 77.8 Å². The number of nitro benzene ring substituents is 1. The maximum atomic E-state index is 14.3. The number of fused-ring (bicyclic) bond motifs is 2. The zero-order valence-electron chi connectivity index (χ0n) is 40.5. The number of anilines is 3. The Morgan fingerprint density at radius 3 is 2.48 bits per heavy atom. The number of aromatic amines is 1. The second-order valence-corrected chi connectivity index (χ2v) is 22.5. The van der Waals surface area contributed by atoms with Crippen molar-refractivity contribution in [3.63, 3.8) is 0 Å². The summed E-state index contributed by atoms with van der Waals surface area (Å²) in [4.78, 5) is 50.6. The van der Waals surface area contributed by atoms with E-state index in [1.807, 2.05) is 0 Å². The van der Waals surface area contributed by atoms with Gasteiger partial charge in [-0.05, 0) is 130 Å². The summed E-state index contributed by atoms with van der Waals surface area (Å²) in [5.74, 6) is -0.542. The molecule has 5 aromatic rings. The van der Waals surface area contributed by atoms with Crippen molar-refractivity contribution in [1.29, 1.82) is 0 Å². The van der Waals surface area contributed by atoms with Crippen LogP contribution in [0.25, 0.3) is 11.0 Å². The topological polar surface area (TPSA) is 231 Å². The predicted molar refractivity (Wildman–Crippen MR) is 268 cm³/mol. The average molecular weight is 991 g/mol. The number of aromatic nitrogens is 2. The minimum absolute atomic E-state index is 0.0175. The zero-order chi connectivity index (χ0) is 49.8. The molecule has 5 N–H and O–H groups in total. The van der Waals surface area contributed by atoms with Gasteiger partial charge in [-0.15, -0.1) is 0 Å². The molecule has 18 nitrogen and oxygen atoms in total. The van der Waals surface area contributed by atoms with Gasteiger partial charge in [0.15, 0.2) is 23.0 Å². The maximum Gasteiger partial charge on any atom is 0.412 e. The molecule has 5 aliphatic rings. The predicted octanol–water partition coefficient (Wildman–Crippen LogP) is 9.38. The third kappa shape index (κ3) is 9.70. The first-order valence-electron chi connectivity index (χ1n) is 24.7. The van der Waals surface area contributed by atoms with E-state index in [0.717, 1.165) is 57.1 Å². The largest absolute Gasteiger partial charge is 0.489 e. The summed E-state index contributed by atoms with van der Waals surface area (Å²) in [5, 5.41) is 29.4. The second-order valence-electron chi connectivity index (χ2n) is 20.8. The van der Waals surface area contributed by atoms with Gasteiger partial charge in [-0.1, -0.05) is 38.1 Å². The second kappa shape index (κ2) is 19.0. The minimum Gasteiger partial charge on any atom is -0.489 e. The lowest BCUT2D eigenvalue weighted by molar-refractivity contribution is -0.384. The van der Waals surface area contributed by atoms with E-state index in [2.05, 4.69) is 73.2 Å². The number of hydrogen-bond donors (Lipinski definition) is 5. The van der Waals surface area contributed by atoms with Crippen molar-refractivity contribution in [2.75, 3.05) is 48.9 Å². The summed E-state index contributed by atoms with van der Waals surface area (Å²) in [6, 6.07) is 20.0. The Kier molecular flexibility index (Phi) is 12.9. The fourth-order valence-electron chi connectivity index (χ4n) is 11.8. The first-order chi connectivity index (χ1) is 34.0. The van der Waals surface area contributed by atoms with Crippen LogP contribution in [0, 0.1) is 21.4 Å². The Bertz CT molecular complexity index is 2970. The van der Waals surface area contributed by atoms with Crippen LogP contribution in [0.4, 0.5) is 27.7 Å². The van der Waals surface area contributed by atoms with Gasteiger partial charge in [0.2, 0.25) is 0 Å². The van der Waals surface area contributed by atoms with Crippen LogP contribution in [-0.2, 0) is 14.8 Å². The molecule has 3 aliphatic heterocycles. The molecule has 10 rings (SSSR count). The molecular weight excluding hydrogens is 929 g/mol. The molecule has 2 aliphatic carbocycles. The maximum absolute atomic E-state index is 14.3. The number of benzene rings is 3. The van der Waals surface area contributed by atoms with Gasteiger partial charge in [-0.3, -0.25) is 25.1 Å². The van der Waals surface area contributed by atoms with E-state index >= 15 is 0 Å². The van der Waals surface area contributed by atoms with Crippen LogP contribution >= 0.6 is 0 Å². The van der Waals surface area contributed by atoms with Crippen LogP contribution in [0.2, 0.25) is 0 Å². The number of nitrogens with zero attached hydrogens (tertiary/aromatic N) is 4. The van der Waals surface area contributed by atoms with Gasteiger partial charge < -0.3 is 34.5 Å². The van der Waals surface area contributed by atoms with E-state index in [4.69, 9.17) is 14.2 Å². The monoisotopic (exact) mass is 990 g/mol. The molecule has 2 saturated heterocycles. The number of likely N-dealkylation sites (tertiary alicyclic amines) is 1. The molecule has 2 amide bonds. The molecule has 2 saturated carbocycles. The van der Waals surface area contributed by atoms with Crippen LogP contribution in [0.3, 0.4) is 0 Å². The van der Waals surface area contributed by atoms with Crippen LogP contribution < -0.4 is 29.7 Å². The summed E-state index contributed by atoms with van der Waals surface area (Å²) in [6.07, 6.45) is 10.0. The summed E-state index contributed by atoms with van der Waals surface area (Å²) in [6.45, 7) is 9.10. The molecule has 19 heteroatoms. The summed E-state index contributed by atoms with van der Waals surface area (Å²) < 4.78 is 47.7. The first kappa shape index (κ1) is 48.2. The minimum atomic E-state index is -4.76. The van der Waals surface area contributed by atoms with E-state index in [0.29, 0.717) is 54.7 Å². The molecule has 71 heavy (non-hydrogen) atoms. The molecule has 0 bridgehead atoms. The number of aliphatic hydroxyl groups is 1. The lowest BCUT2D eigenvalue weighted by Gasteiger charge is -2.56. The lowest BCUT2D eigenvalue weighted by atomic mass is 9.59. The van der Waals surface area contributed by atoms with Crippen LogP contribution in [-0.4, -0.2) is 96.4 Å². The van der Waals surface area contributed by atoms with Crippen LogP contribution in [0.5, 0.6) is 17.2 Å². The van der Waals surface area contributed by atoms with Gasteiger partial charge in [0, 0.05) is 60.6 Å². The van der Waals surface area contributed by atoms with Crippen molar-refractivity contribution in [3.05, 3.63) is 99.7 Å². The Morgan fingerprint density at radius 1 is 0.986 bits per heavy atom. The van der Waals surface area contributed by atoms with Crippen LogP contribution in [0.1, 0.15) is 118 Å². The Hall–Kier alpha value is -6.44. The Labute approximate surface area is 413 Å². The van der Waals surface area contributed by atoms with E-state index in [-0.39, 0.29) is 58.3 Å². The third-order valence-corrected chi connectivity index (χ3v) is 17.1. The number of pyridine rings is 1. The fraction of sp³-hybridized carbons (Fsp3) is 0.481. The third-order valence-electron chi connectivity index (χ3n) is 15.8. The lowest BCUT2D eigenvalue weighted by Crippen LogP contribution is -2.54. The number of nitrogens with one attached hydrogen (secondary N) is 4. The smallest absolute Gasteiger partial charge is 0.412 e. The molecule has 0 radical (unpaired) electrons. The van der Waals surface area contributed by atoms with E-state index < -0.39 is 43.1 Å². The quantitative estimate of drug-likeness (QED) is 0.0579. The number of nitro groups is 1. The first-order valence-corrected chi connectivity index (χ1v) is 26.2. The highest BCUT2D eigenvalue weighted by Crippen LogP contribution is 2.54. The number of amides is 2. The zero-order valence-corrected chi connectivity index (χ0v) is 41.3. The summed E-state index contributed by atoms with van der Waals surface area (Å²) >= 11 is 0.